The summed E-state index contributed by atoms with van der Waals surface area (Å²) >= 11 is 0. The van der Waals surface area contributed by atoms with Gasteiger partial charge in [0.1, 0.15) is 5.82 Å². The van der Waals surface area contributed by atoms with Crippen LogP contribution in [0.3, 0.4) is 0 Å². The highest BCUT2D eigenvalue weighted by Crippen LogP contribution is 2.05. The summed E-state index contributed by atoms with van der Waals surface area (Å²) in [5.74, 6) is 6.12. The number of hydrogen-bond acceptors (Lipinski definition) is 3. The van der Waals surface area contributed by atoms with Crippen molar-refractivity contribution >= 4 is 11.8 Å². The normalized spacial score (nSPS) is 9.06. The molecular formula is C12H15N3O2. The first-order valence-corrected chi connectivity index (χ1v) is 5.37. The molecule has 0 aliphatic rings. The van der Waals surface area contributed by atoms with Crippen LogP contribution in [0.25, 0.3) is 0 Å². The van der Waals surface area contributed by atoms with Gasteiger partial charge in [-0.15, -0.1) is 0 Å². The first-order chi connectivity index (χ1) is 8.26. The van der Waals surface area contributed by atoms with Crippen molar-refractivity contribution in [2.45, 2.75) is 13.3 Å². The zero-order valence-electron chi connectivity index (χ0n) is 9.66. The Morgan fingerprint density at radius 1 is 1.59 bits per heavy atom. The molecule has 1 rings (SSSR count). The van der Waals surface area contributed by atoms with Gasteiger partial charge in [-0.1, -0.05) is 11.8 Å². The van der Waals surface area contributed by atoms with Gasteiger partial charge >= 0.3 is 6.03 Å². The van der Waals surface area contributed by atoms with Gasteiger partial charge in [0.15, 0.2) is 0 Å². The zero-order chi connectivity index (χ0) is 12.5. The van der Waals surface area contributed by atoms with E-state index in [2.05, 4.69) is 27.5 Å². The fourth-order valence-corrected chi connectivity index (χ4v) is 1.12. The summed E-state index contributed by atoms with van der Waals surface area (Å²) in [6, 6.07) is 3.13. The van der Waals surface area contributed by atoms with Gasteiger partial charge in [0.25, 0.3) is 0 Å². The van der Waals surface area contributed by atoms with Crippen molar-refractivity contribution in [3.05, 3.63) is 23.9 Å². The van der Waals surface area contributed by atoms with Crippen molar-refractivity contribution < 1.29 is 9.90 Å². The number of hydrogen-bond donors (Lipinski definition) is 3. The van der Waals surface area contributed by atoms with Crippen molar-refractivity contribution in [2.24, 2.45) is 0 Å². The third kappa shape index (κ3) is 5.00. The van der Waals surface area contributed by atoms with Gasteiger partial charge in [0.2, 0.25) is 0 Å². The number of nitrogens with one attached hydrogen (secondary N) is 2. The first-order valence-electron chi connectivity index (χ1n) is 5.37. The van der Waals surface area contributed by atoms with E-state index in [-0.39, 0.29) is 12.6 Å². The lowest BCUT2D eigenvalue weighted by Gasteiger charge is -2.04. The Kier molecular flexibility index (Phi) is 5.55. The Morgan fingerprint density at radius 2 is 2.41 bits per heavy atom. The summed E-state index contributed by atoms with van der Waals surface area (Å²) in [5.41, 5.74) is 0.750. The van der Waals surface area contributed by atoms with Gasteiger partial charge < -0.3 is 10.4 Å². The fourth-order valence-electron chi connectivity index (χ4n) is 1.12. The molecule has 0 bridgehead atoms. The van der Waals surface area contributed by atoms with E-state index in [4.69, 9.17) is 5.11 Å². The fraction of sp³-hybridized carbons (Fsp3) is 0.333. The summed E-state index contributed by atoms with van der Waals surface area (Å²) in [5, 5.41) is 13.8. The number of rotatable bonds is 3. The number of nitrogens with zero attached hydrogens (tertiary/aromatic N) is 1. The number of aromatic nitrogens is 1. The van der Waals surface area contributed by atoms with Crippen LogP contribution in [-0.4, -0.2) is 29.3 Å². The molecule has 17 heavy (non-hydrogen) atoms. The highest BCUT2D eigenvalue weighted by molar-refractivity contribution is 5.88. The summed E-state index contributed by atoms with van der Waals surface area (Å²) in [7, 11) is 0. The van der Waals surface area contributed by atoms with Crippen LogP contribution in [0, 0.1) is 11.8 Å². The number of aliphatic hydroxyl groups excluding tert-OH is 1. The smallest absolute Gasteiger partial charge is 0.320 e. The van der Waals surface area contributed by atoms with Crippen LogP contribution in [-0.2, 0) is 0 Å². The highest BCUT2D eigenvalue weighted by atomic mass is 16.2. The predicted octanol–water partition coefficient (Wildman–Crippen LogP) is 0.957. The van der Waals surface area contributed by atoms with Crippen molar-refractivity contribution in [1.29, 1.82) is 0 Å². The molecule has 0 aliphatic carbocycles. The Morgan fingerprint density at radius 3 is 3.12 bits per heavy atom. The number of amides is 2. The van der Waals surface area contributed by atoms with E-state index in [0.29, 0.717) is 18.8 Å². The third-order valence-electron chi connectivity index (χ3n) is 1.81. The largest absolute Gasteiger partial charge is 0.395 e. The van der Waals surface area contributed by atoms with Crippen LogP contribution in [0.15, 0.2) is 18.3 Å². The van der Waals surface area contributed by atoms with E-state index in [1.54, 1.807) is 18.3 Å². The molecule has 1 aromatic heterocycles. The Bertz CT molecular complexity index is 435. The van der Waals surface area contributed by atoms with Crippen LogP contribution in [0.4, 0.5) is 10.6 Å². The van der Waals surface area contributed by atoms with Crippen LogP contribution >= 0.6 is 0 Å². The number of carbonyl (C=O) groups is 1. The zero-order valence-corrected chi connectivity index (χ0v) is 9.66. The van der Waals surface area contributed by atoms with Crippen molar-refractivity contribution in [3.8, 4) is 11.8 Å². The molecule has 0 atom stereocenters. The Labute approximate surface area is 100 Å². The average molecular weight is 233 g/mol. The second-order valence-corrected chi connectivity index (χ2v) is 3.19. The molecule has 0 fully saturated rings. The topological polar surface area (TPSA) is 74.2 Å². The minimum Gasteiger partial charge on any atom is -0.395 e. The maximum absolute atomic E-state index is 11.3. The van der Waals surface area contributed by atoms with E-state index in [1.807, 2.05) is 6.92 Å². The maximum Gasteiger partial charge on any atom is 0.320 e. The van der Waals surface area contributed by atoms with Crippen LogP contribution in [0.2, 0.25) is 0 Å². The van der Waals surface area contributed by atoms with Crippen molar-refractivity contribution in [3.63, 3.8) is 0 Å². The predicted molar refractivity (Wildman–Crippen MR) is 65.5 cm³/mol. The molecule has 5 heteroatoms. The quantitative estimate of drug-likeness (QED) is 0.681. The third-order valence-corrected chi connectivity index (χ3v) is 1.81. The lowest BCUT2D eigenvalue weighted by atomic mass is 10.2. The molecule has 0 aliphatic heterocycles. The number of pyridine rings is 1. The van der Waals surface area contributed by atoms with E-state index >= 15 is 0 Å². The second-order valence-electron chi connectivity index (χ2n) is 3.19. The molecule has 0 saturated carbocycles. The minimum absolute atomic E-state index is 0.0437. The lowest BCUT2D eigenvalue weighted by Crippen LogP contribution is -2.28. The molecule has 0 radical (unpaired) electrons. The van der Waals surface area contributed by atoms with Crippen LogP contribution < -0.4 is 10.6 Å². The Balaban J connectivity index is 2.66. The average Bonchev–Trinajstić information content (AvgIpc) is 2.30. The second kappa shape index (κ2) is 7.25. The van der Waals surface area contributed by atoms with Crippen molar-refractivity contribution in [1.82, 2.24) is 10.3 Å². The number of carbonyl (C=O) groups excluding carboxylic acids is 1. The van der Waals surface area contributed by atoms with E-state index in [1.165, 1.54) is 0 Å². The molecule has 5 nitrogen and oxygen atoms in total. The van der Waals surface area contributed by atoms with E-state index in [9.17, 15) is 4.79 Å². The van der Waals surface area contributed by atoms with Gasteiger partial charge in [-0.2, -0.15) is 0 Å². The van der Waals surface area contributed by atoms with Gasteiger partial charge in [-0.3, -0.25) is 5.32 Å². The summed E-state index contributed by atoms with van der Waals surface area (Å²) in [4.78, 5) is 15.3. The molecular weight excluding hydrogens is 218 g/mol. The molecule has 0 unspecified atom stereocenters. The van der Waals surface area contributed by atoms with Gasteiger partial charge in [-0.05, 0) is 19.1 Å². The summed E-state index contributed by atoms with van der Waals surface area (Å²) in [6.45, 7) is 2.44. The van der Waals surface area contributed by atoms with E-state index in [0.717, 1.165) is 5.56 Å². The van der Waals surface area contributed by atoms with Crippen LogP contribution in [0.1, 0.15) is 18.9 Å². The molecule has 0 aromatic carbocycles. The number of anilines is 1. The summed E-state index contributed by atoms with van der Waals surface area (Å²) in [6.07, 6.45) is 2.01. The maximum atomic E-state index is 11.3. The molecule has 90 valence electrons. The van der Waals surface area contributed by atoms with Gasteiger partial charge in [0.05, 0.1) is 6.61 Å². The van der Waals surface area contributed by atoms with Gasteiger partial charge in [0, 0.05) is 24.7 Å². The SMILES string of the molecule is CCNC(=O)Nc1cc(C#CCCO)ccn1. The molecule has 2 amide bonds. The van der Waals surface area contributed by atoms with Gasteiger partial charge in [-0.25, -0.2) is 9.78 Å². The standard InChI is InChI=1S/C12H15N3O2/c1-2-13-12(17)15-11-9-10(6-7-14-11)5-3-4-8-16/h6-7,9,16H,2,4,8H2,1H3,(H2,13,14,15,17). The monoisotopic (exact) mass is 233 g/mol. The highest BCUT2D eigenvalue weighted by Gasteiger charge is 2.00. The summed E-state index contributed by atoms with van der Waals surface area (Å²) < 4.78 is 0. The minimum atomic E-state index is -0.291. The molecule has 0 spiro atoms. The van der Waals surface area contributed by atoms with Crippen molar-refractivity contribution in [2.75, 3.05) is 18.5 Å². The number of urea groups is 1. The Hall–Kier alpha value is -2.06. The molecule has 1 aromatic rings. The molecule has 1 heterocycles. The van der Waals surface area contributed by atoms with E-state index < -0.39 is 0 Å². The number of aliphatic hydroxyl groups is 1. The first kappa shape index (κ1) is 13.0. The lowest BCUT2D eigenvalue weighted by molar-refractivity contribution is 0.252. The molecule has 3 N–H and O–H groups in total. The molecule has 0 saturated heterocycles. The van der Waals surface area contributed by atoms with Crippen LogP contribution in [0.5, 0.6) is 0 Å².